The molecule has 28 heavy (non-hydrogen) atoms. The molecular formula is C19H18FN3O4S. The lowest BCUT2D eigenvalue weighted by Crippen LogP contribution is -2.42. The molecule has 0 atom stereocenters. The number of amides is 1. The number of fused-ring (bicyclic) bond motifs is 1. The van der Waals surface area contributed by atoms with E-state index in [9.17, 15) is 14.0 Å². The van der Waals surface area contributed by atoms with E-state index in [1.807, 2.05) is 6.92 Å². The van der Waals surface area contributed by atoms with Crippen LogP contribution in [-0.2, 0) is 14.3 Å². The zero-order valence-electron chi connectivity index (χ0n) is 15.2. The molecule has 2 aromatic heterocycles. The van der Waals surface area contributed by atoms with Gasteiger partial charge in [-0.3, -0.25) is 4.79 Å². The van der Waals surface area contributed by atoms with E-state index in [1.165, 1.54) is 23.5 Å². The summed E-state index contributed by atoms with van der Waals surface area (Å²) in [6.45, 7) is 3.55. The molecule has 0 bridgehead atoms. The van der Waals surface area contributed by atoms with Crippen molar-refractivity contribution in [1.82, 2.24) is 14.7 Å². The first-order valence-electron chi connectivity index (χ1n) is 8.80. The molecule has 0 radical (unpaired) electrons. The Labute approximate surface area is 164 Å². The minimum Gasteiger partial charge on any atom is -0.451 e. The third-order valence-corrected chi connectivity index (χ3v) is 5.60. The molecular weight excluding hydrogens is 385 g/mol. The Bertz CT molecular complexity index is 1020. The van der Waals surface area contributed by atoms with Crippen LogP contribution in [0.25, 0.3) is 15.9 Å². The number of thiophene rings is 1. The second-order valence-electron chi connectivity index (χ2n) is 6.37. The lowest BCUT2D eigenvalue weighted by Gasteiger charge is -2.26. The van der Waals surface area contributed by atoms with Gasteiger partial charge in [0, 0.05) is 18.5 Å². The first-order valence-corrected chi connectivity index (χ1v) is 9.62. The highest BCUT2D eigenvalue weighted by atomic mass is 32.1. The molecule has 1 amide bonds. The summed E-state index contributed by atoms with van der Waals surface area (Å²) < 4.78 is 25.3. The molecule has 1 aliphatic rings. The molecule has 1 aromatic carbocycles. The number of hydrogen-bond acceptors (Lipinski definition) is 6. The Balaban J connectivity index is 1.51. The van der Waals surface area contributed by atoms with Crippen LogP contribution in [0, 0.1) is 12.7 Å². The predicted molar refractivity (Wildman–Crippen MR) is 101 cm³/mol. The van der Waals surface area contributed by atoms with Crippen molar-refractivity contribution in [1.29, 1.82) is 0 Å². The number of carbonyl (C=O) groups is 2. The summed E-state index contributed by atoms with van der Waals surface area (Å²) in [5.74, 6) is -1.11. The van der Waals surface area contributed by atoms with E-state index in [1.54, 1.807) is 27.8 Å². The molecule has 9 heteroatoms. The van der Waals surface area contributed by atoms with Crippen LogP contribution in [0.2, 0.25) is 0 Å². The minimum atomic E-state index is -0.548. The molecule has 0 saturated carbocycles. The van der Waals surface area contributed by atoms with Gasteiger partial charge in [-0.15, -0.1) is 11.3 Å². The van der Waals surface area contributed by atoms with E-state index in [-0.39, 0.29) is 18.3 Å². The quantitative estimate of drug-likeness (QED) is 0.626. The van der Waals surface area contributed by atoms with E-state index in [0.29, 0.717) is 36.9 Å². The molecule has 0 unspecified atom stereocenters. The van der Waals surface area contributed by atoms with Crippen molar-refractivity contribution in [2.45, 2.75) is 6.92 Å². The largest absolute Gasteiger partial charge is 0.451 e. The SMILES string of the molecule is Cc1nn(-c2ccc(F)cc2)c2sc(C(=O)OCC(=O)N3CCOCC3)cc12. The van der Waals surface area contributed by atoms with Crippen LogP contribution in [0.3, 0.4) is 0 Å². The number of esters is 1. The third kappa shape index (κ3) is 3.63. The number of morpholine rings is 1. The normalized spacial score (nSPS) is 14.4. The average molecular weight is 403 g/mol. The number of benzene rings is 1. The molecule has 4 rings (SSSR count). The first-order chi connectivity index (χ1) is 13.5. The van der Waals surface area contributed by atoms with Crippen molar-refractivity contribution in [2.24, 2.45) is 0 Å². The molecule has 7 nitrogen and oxygen atoms in total. The van der Waals surface area contributed by atoms with Gasteiger partial charge in [-0.1, -0.05) is 0 Å². The molecule has 146 valence electrons. The maximum absolute atomic E-state index is 13.2. The minimum absolute atomic E-state index is 0.230. The number of halogens is 1. The Hall–Kier alpha value is -2.78. The molecule has 3 aromatic rings. The monoisotopic (exact) mass is 403 g/mol. The van der Waals surface area contributed by atoms with Crippen molar-refractivity contribution in [3.63, 3.8) is 0 Å². The van der Waals surface area contributed by atoms with Crippen molar-refractivity contribution in [2.75, 3.05) is 32.9 Å². The Kier molecular flexibility index (Phi) is 5.10. The van der Waals surface area contributed by atoms with Gasteiger partial charge in [-0.05, 0) is 37.3 Å². The Morgan fingerprint density at radius 3 is 2.68 bits per heavy atom. The Morgan fingerprint density at radius 1 is 1.25 bits per heavy atom. The van der Waals surface area contributed by atoms with E-state index >= 15 is 0 Å². The van der Waals surface area contributed by atoms with Crippen molar-refractivity contribution in [3.05, 3.63) is 46.7 Å². The van der Waals surface area contributed by atoms with E-state index in [4.69, 9.17) is 9.47 Å². The van der Waals surface area contributed by atoms with Crippen LogP contribution in [0.4, 0.5) is 4.39 Å². The van der Waals surface area contributed by atoms with Gasteiger partial charge in [-0.2, -0.15) is 5.10 Å². The van der Waals surface area contributed by atoms with Crippen molar-refractivity contribution in [3.8, 4) is 5.69 Å². The molecule has 1 fully saturated rings. The summed E-state index contributed by atoms with van der Waals surface area (Å²) in [6, 6.07) is 7.68. The van der Waals surface area contributed by atoms with Gasteiger partial charge < -0.3 is 14.4 Å². The topological polar surface area (TPSA) is 73.7 Å². The summed E-state index contributed by atoms with van der Waals surface area (Å²) in [5.41, 5.74) is 1.45. The fraction of sp³-hybridized carbons (Fsp3) is 0.316. The van der Waals surface area contributed by atoms with Crippen LogP contribution >= 0.6 is 11.3 Å². The molecule has 3 heterocycles. The highest BCUT2D eigenvalue weighted by molar-refractivity contribution is 7.20. The number of ether oxygens (including phenoxy) is 2. The van der Waals surface area contributed by atoms with Gasteiger partial charge in [0.25, 0.3) is 5.91 Å². The maximum Gasteiger partial charge on any atom is 0.348 e. The molecule has 1 saturated heterocycles. The van der Waals surface area contributed by atoms with Gasteiger partial charge in [0.05, 0.1) is 24.6 Å². The van der Waals surface area contributed by atoms with E-state index in [0.717, 1.165) is 15.9 Å². The molecule has 1 aliphatic heterocycles. The van der Waals surface area contributed by atoms with Crippen LogP contribution in [0.5, 0.6) is 0 Å². The maximum atomic E-state index is 13.2. The summed E-state index contributed by atoms with van der Waals surface area (Å²) >= 11 is 1.23. The van der Waals surface area contributed by atoms with Gasteiger partial charge in [0.2, 0.25) is 0 Å². The first kappa shape index (κ1) is 18.6. The van der Waals surface area contributed by atoms with Crippen molar-refractivity contribution < 1.29 is 23.5 Å². The van der Waals surface area contributed by atoms with Crippen molar-refractivity contribution >= 4 is 33.4 Å². The van der Waals surface area contributed by atoms with Gasteiger partial charge in [-0.25, -0.2) is 13.9 Å². The average Bonchev–Trinajstić information content (AvgIpc) is 3.28. The van der Waals surface area contributed by atoms with Crippen LogP contribution in [-0.4, -0.2) is 59.5 Å². The lowest BCUT2D eigenvalue weighted by atomic mass is 10.3. The smallest absolute Gasteiger partial charge is 0.348 e. The number of aryl methyl sites for hydroxylation is 1. The molecule has 0 spiro atoms. The highest BCUT2D eigenvalue weighted by Gasteiger charge is 2.21. The zero-order chi connectivity index (χ0) is 19.7. The third-order valence-electron chi connectivity index (χ3n) is 4.51. The van der Waals surface area contributed by atoms with E-state index < -0.39 is 5.97 Å². The van der Waals surface area contributed by atoms with E-state index in [2.05, 4.69) is 5.10 Å². The summed E-state index contributed by atoms with van der Waals surface area (Å²) in [6.07, 6.45) is 0. The standard InChI is InChI=1S/C19H18FN3O4S/c1-12-15-10-16(19(25)27-11-17(24)22-6-8-26-9-7-22)28-18(15)23(21-12)14-4-2-13(20)3-5-14/h2-5,10H,6-9,11H2,1H3. The number of aromatic nitrogens is 2. The van der Waals surface area contributed by atoms with Crippen LogP contribution in [0.15, 0.2) is 30.3 Å². The predicted octanol–water partition coefficient (Wildman–Crippen LogP) is 2.55. The fourth-order valence-corrected chi connectivity index (χ4v) is 4.08. The second-order valence-corrected chi connectivity index (χ2v) is 7.40. The van der Waals surface area contributed by atoms with Crippen LogP contribution < -0.4 is 0 Å². The number of nitrogens with zero attached hydrogens (tertiary/aromatic N) is 3. The second kappa shape index (κ2) is 7.69. The van der Waals surface area contributed by atoms with Gasteiger partial charge in [0.1, 0.15) is 15.5 Å². The number of hydrogen-bond donors (Lipinski definition) is 0. The highest BCUT2D eigenvalue weighted by Crippen LogP contribution is 2.30. The number of carbonyl (C=O) groups excluding carboxylic acids is 2. The Morgan fingerprint density at radius 2 is 1.96 bits per heavy atom. The van der Waals surface area contributed by atoms with Gasteiger partial charge >= 0.3 is 5.97 Å². The summed E-state index contributed by atoms with van der Waals surface area (Å²) in [5, 5.41) is 5.29. The number of rotatable bonds is 4. The zero-order valence-corrected chi connectivity index (χ0v) is 16.0. The molecule has 0 aliphatic carbocycles. The summed E-state index contributed by atoms with van der Waals surface area (Å²) in [7, 11) is 0. The molecule has 0 N–H and O–H groups in total. The summed E-state index contributed by atoms with van der Waals surface area (Å²) in [4.78, 5) is 27.3. The van der Waals surface area contributed by atoms with Gasteiger partial charge in [0.15, 0.2) is 6.61 Å². The lowest BCUT2D eigenvalue weighted by molar-refractivity contribution is -0.138. The fourth-order valence-electron chi connectivity index (χ4n) is 3.01. The van der Waals surface area contributed by atoms with Crippen LogP contribution in [0.1, 0.15) is 15.4 Å².